The molecule has 2 aromatic rings. The highest BCUT2D eigenvalue weighted by molar-refractivity contribution is 7.89. The Morgan fingerprint density at radius 1 is 1.19 bits per heavy atom. The number of halogens is 3. The standard InChI is InChI=1S/C18H15Cl2FN2O2S/c19-14-3-2-12(16(20)9-14)10-18(6-1-7-18)23-26(24,25)15-4-5-17(21)13(8-15)11-22/h2-5,8-9,23H,1,6-7,10H2. The van der Waals surface area contributed by atoms with Gasteiger partial charge in [0.25, 0.3) is 0 Å². The lowest BCUT2D eigenvalue weighted by molar-refractivity contribution is 0.220. The lowest BCUT2D eigenvalue weighted by Gasteiger charge is -2.42. The lowest BCUT2D eigenvalue weighted by atomic mass is 9.74. The van der Waals surface area contributed by atoms with E-state index in [4.69, 9.17) is 28.5 Å². The van der Waals surface area contributed by atoms with Crippen molar-refractivity contribution in [2.45, 2.75) is 36.1 Å². The number of sulfonamides is 1. The maximum atomic E-state index is 13.5. The molecule has 0 heterocycles. The molecule has 1 aliphatic rings. The second-order valence-electron chi connectivity index (χ2n) is 6.41. The molecule has 26 heavy (non-hydrogen) atoms. The van der Waals surface area contributed by atoms with Gasteiger partial charge in [-0.05, 0) is 61.6 Å². The van der Waals surface area contributed by atoms with Crippen molar-refractivity contribution in [3.05, 3.63) is 63.4 Å². The van der Waals surface area contributed by atoms with Crippen LogP contribution in [0.3, 0.4) is 0 Å². The fourth-order valence-electron chi connectivity index (χ4n) is 3.05. The highest BCUT2D eigenvalue weighted by Crippen LogP contribution is 2.38. The Balaban J connectivity index is 1.88. The molecule has 8 heteroatoms. The minimum atomic E-state index is -3.91. The average Bonchev–Trinajstić information content (AvgIpc) is 2.55. The summed E-state index contributed by atoms with van der Waals surface area (Å²) in [6.07, 6.45) is 2.64. The van der Waals surface area contributed by atoms with Crippen molar-refractivity contribution >= 4 is 33.2 Å². The van der Waals surface area contributed by atoms with Crippen molar-refractivity contribution in [2.24, 2.45) is 0 Å². The van der Waals surface area contributed by atoms with Gasteiger partial charge in [0.05, 0.1) is 10.5 Å². The van der Waals surface area contributed by atoms with E-state index in [0.29, 0.717) is 29.3 Å². The van der Waals surface area contributed by atoms with Crippen LogP contribution in [0.25, 0.3) is 0 Å². The number of hydrogen-bond donors (Lipinski definition) is 1. The van der Waals surface area contributed by atoms with Gasteiger partial charge in [0.1, 0.15) is 11.9 Å². The summed E-state index contributed by atoms with van der Waals surface area (Å²) in [5, 5.41) is 9.91. The van der Waals surface area contributed by atoms with Crippen molar-refractivity contribution in [2.75, 3.05) is 0 Å². The fourth-order valence-corrected chi connectivity index (χ4v) is 5.01. The fraction of sp³-hybridized carbons (Fsp3) is 0.278. The van der Waals surface area contributed by atoms with Gasteiger partial charge in [0, 0.05) is 15.6 Å². The molecule has 0 unspecified atom stereocenters. The lowest BCUT2D eigenvalue weighted by Crippen LogP contribution is -2.54. The van der Waals surface area contributed by atoms with Crippen LogP contribution in [0, 0.1) is 17.1 Å². The van der Waals surface area contributed by atoms with E-state index in [2.05, 4.69) is 4.72 Å². The van der Waals surface area contributed by atoms with Gasteiger partial charge < -0.3 is 0 Å². The number of nitrogens with one attached hydrogen (secondary N) is 1. The summed E-state index contributed by atoms with van der Waals surface area (Å²) in [7, 11) is -3.91. The first-order chi connectivity index (χ1) is 12.2. The number of nitrogens with zero attached hydrogens (tertiary/aromatic N) is 1. The Hall–Kier alpha value is -1.65. The predicted molar refractivity (Wildman–Crippen MR) is 98.2 cm³/mol. The number of nitriles is 1. The zero-order valence-corrected chi connectivity index (χ0v) is 15.9. The maximum Gasteiger partial charge on any atom is 0.241 e. The van der Waals surface area contributed by atoms with E-state index in [1.54, 1.807) is 24.3 Å². The van der Waals surface area contributed by atoms with Crippen LogP contribution in [-0.2, 0) is 16.4 Å². The summed E-state index contributed by atoms with van der Waals surface area (Å²) in [5.74, 6) is -0.752. The third-order valence-corrected chi connectivity index (χ3v) is 6.74. The first-order valence-electron chi connectivity index (χ1n) is 7.92. The van der Waals surface area contributed by atoms with Gasteiger partial charge in [-0.25, -0.2) is 17.5 Å². The number of hydrogen-bond acceptors (Lipinski definition) is 3. The summed E-state index contributed by atoms with van der Waals surface area (Å²) < 4.78 is 41.7. The Kier molecular flexibility index (Phi) is 5.27. The second-order valence-corrected chi connectivity index (χ2v) is 8.93. The second kappa shape index (κ2) is 7.16. The molecule has 136 valence electrons. The Morgan fingerprint density at radius 3 is 2.50 bits per heavy atom. The molecule has 0 aromatic heterocycles. The molecule has 1 fully saturated rings. The molecular formula is C18H15Cl2FN2O2S. The molecule has 0 saturated heterocycles. The molecule has 3 rings (SSSR count). The molecule has 0 aliphatic heterocycles. The van der Waals surface area contributed by atoms with Crippen LogP contribution in [0.15, 0.2) is 41.3 Å². The van der Waals surface area contributed by atoms with Crippen LogP contribution in [0.4, 0.5) is 4.39 Å². The third-order valence-electron chi connectivity index (χ3n) is 4.57. The topological polar surface area (TPSA) is 70.0 Å². The van der Waals surface area contributed by atoms with Gasteiger partial charge in [0.2, 0.25) is 10.0 Å². The van der Waals surface area contributed by atoms with Crippen LogP contribution >= 0.6 is 23.2 Å². The summed E-state index contributed by atoms with van der Waals surface area (Å²) in [4.78, 5) is -0.135. The van der Waals surface area contributed by atoms with Gasteiger partial charge in [-0.15, -0.1) is 0 Å². The molecule has 0 amide bonds. The monoisotopic (exact) mass is 412 g/mol. The molecule has 0 bridgehead atoms. The summed E-state index contributed by atoms with van der Waals surface area (Å²) in [5.41, 5.74) is -0.163. The molecule has 0 atom stereocenters. The van der Waals surface area contributed by atoms with Gasteiger partial charge >= 0.3 is 0 Å². The molecule has 0 spiro atoms. The van der Waals surface area contributed by atoms with E-state index >= 15 is 0 Å². The largest absolute Gasteiger partial charge is 0.241 e. The summed E-state index contributed by atoms with van der Waals surface area (Å²) in [6, 6.07) is 9.95. The predicted octanol–water partition coefficient (Wildman–Crippen LogP) is 4.45. The van der Waals surface area contributed by atoms with E-state index in [9.17, 15) is 12.8 Å². The molecule has 4 nitrogen and oxygen atoms in total. The van der Waals surface area contributed by atoms with Crippen molar-refractivity contribution in [3.8, 4) is 6.07 Å². The van der Waals surface area contributed by atoms with Gasteiger partial charge in [0.15, 0.2) is 0 Å². The summed E-state index contributed by atoms with van der Waals surface area (Å²) >= 11 is 12.1. The van der Waals surface area contributed by atoms with Crippen molar-refractivity contribution in [3.63, 3.8) is 0 Å². The van der Waals surface area contributed by atoms with E-state index in [1.807, 2.05) is 0 Å². The van der Waals surface area contributed by atoms with Crippen molar-refractivity contribution in [1.29, 1.82) is 5.26 Å². The van der Waals surface area contributed by atoms with E-state index in [-0.39, 0.29) is 10.5 Å². The third kappa shape index (κ3) is 3.86. The van der Waals surface area contributed by atoms with Crippen LogP contribution < -0.4 is 4.72 Å². The van der Waals surface area contributed by atoms with E-state index in [1.165, 1.54) is 0 Å². The minimum absolute atomic E-state index is 0.135. The highest BCUT2D eigenvalue weighted by atomic mass is 35.5. The Labute approximate surface area is 161 Å². The molecule has 1 aliphatic carbocycles. The quantitative estimate of drug-likeness (QED) is 0.788. The maximum absolute atomic E-state index is 13.5. The van der Waals surface area contributed by atoms with Crippen LogP contribution in [0.2, 0.25) is 10.0 Å². The number of rotatable bonds is 5. The van der Waals surface area contributed by atoms with Crippen LogP contribution in [-0.4, -0.2) is 14.0 Å². The average molecular weight is 413 g/mol. The van der Waals surface area contributed by atoms with E-state index in [0.717, 1.165) is 30.2 Å². The molecule has 1 saturated carbocycles. The zero-order valence-electron chi connectivity index (χ0n) is 13.6. The smallest absolute Gasteiger partial charge is 0.207 e. The minimum Gasteiger partial charge on any atom is -0.207 e. The zero-order chi connectivity index (χ0) is 18.9. The van der Waals surface area contributed by atoms with E-state index < -0.39 is 21.4 Å². The SMILES string of the molecule is N#Cc1cc(S(=O)(=O)NC2(Cc3ccc(Cl)cc3Cl)CCC2)ccc1F. The molecule has 2 aromatic carbocycles. The highest BCUT2D eigenvalue weighted by Gasteiger charge is 2.41. The van der Waals surface area contributed by atoms with Gasteiger partial charge in [-0.3, -0.25) is 0 Å². The normalized spacial score (nSPS) is 15.9. The van der Waals surface area contributed by atoms with Gasteiger partial charge in [-0.2, -0.15) is 5.26 Å². The molecular weight excluding hydrogens is 398 g/mol. The summed E-state index contributed by atoms with van der Waals surface area (Å²) in [6.45, 7) is 0. The Bertz CT molecular complexity index is 999. The molecule has 0 radical (unpaired) electrons. The Morgan fingerprint density at radius 2 is 1.92 bits per heavy atom. The van der Waals surface area contributed by atoms with Gasteiger partial charge in [-0.1, -0.05) is 29.3 Å². The van der Waals surface area contributed by atoms with Crippen LogP contribution in [0.5, 0.6) is 0 Å². The van der Waals surface area contributed by atoms with Crippen LogP contribution in [0.1, 0.15) is 30.4 Å². The first kappa shape index (κ1) is 19.1. The first-order valence-corrected chi connectivity index (χ1v) is 10.2. The number of benzene rings is 2. The van der Waals surface area contributed by atoms with Crippen molar-refractivity contribution < 1.29 is 12.8 Å². The van der Waals surface area contributed by atoms with Crippen molar-refractivity contribution in [1.82, 2.24) is 4.72 Å². The molecule has 1 N–H and O–H groups in total.